The second kappa shape index (κ2) is 3.06. The van der Waals surface area contributed by atoms with Crippen molar-refractivity contribution in [1.29, 1.82) is 0 Å². The molecule has 0 spiro atoms. The molecule has 0 aliphatic carbocycles. The second-order valence-electron chi connectivity index (χ2n) is 2.06. The maximum Gasteiger partial charge on any atom is 0.128 e. The maximum atomic E-state index is 10.2. The molecule has 1 heterocycles. The molecule has 0 aromatic carbocycles. The van der Waals surface area contributed by atoms with Crippen LogP contribution in [0.2, 0.25) is 0 Å². The van der Waals surface area contributed by atoms with Crippen LogP contribution in [0.5, 0.6) is 0 Å². The Labute approximate surface area is 59.1 Å². The number of nitrogens with zero attached hydrogens (tertiary/aromatic N) is 2. The van der Waals surface area contributed by atoms with Crippen molar-refractivity contribution >= 4 is 6.29 Å². The van der Waals surface area contributed by atoms with Gasteiger partial charge in [0.1, 0.15) is 6.29 Å². The fourth-order valence-corrected chi connectivity index (χ4v) is 0.615. The molecule has 1 aromatic rings. The van der Waals surface area contributed by atoms with Crippen molar-refractivity contribution in [3.05, 3.63) is 24.3 Å². The van der Waals surface area contributed by atoms with E-state index in [2.05, 4.69) is 9.97 Å². The summed E-state index contributed by atoms with van der Waals surface area (Å²) in [6, 6.07) is 0. The molecule has 0 radical (unpaired) electrons. The van der Waals surface area contributed by atoms with Crippen LogP contribution in [-0.4, -0.2) is 16.3 Å². The quantitative estimate of drug-likeness (QED) is 0.564. The van der Waals surface area contributed by atoms with E-state index in [1.165, 1.54) is 0 Å². The van der Waals surface area contributed by atoms with E-state index in [-0.39, 0.29) is 5.92 Å². The Morgan fingerprint density at radius 2 is 2.40 bits per heavy atom. The lowest BCUT2D eigenvalue weighted by Gasteiger charge is -1.98. The average molecular weight is 136 g/mol. The number of carbonyl (C=O) groups is 1. The van der Waals surface area contributed by atoms with E-state index < -0.39 is 0 Å². The summed E-state index contributed by atoms with van der Waals surface area (Å²) in [4.78, 5) is 18.0. The van der Waals surface area contributed by atoms with Gasteiger partial charge in [0.05, 0.1) is 11.6 Å². The van der Waals surface area contributed by atoms with Gasteiger partial charge in [-0.1, -0.05) is 6.92 Å². The molecule has 52 valence electrons. The van der Waals surface area contributed by atoms with Crippen molar-refractivity contribution in [3.8, 4) is 0 Å². The highest BCUT2D eigenvalue weighted by Crippen LogP contribution is 2.05. The van der Waals surface area contributed by atoms with Gasteiger partial charge >= 0.3 is 0 Å². The summed E-state index contributed by atoms with van der Waals surface area (Å²) in [6.45, 7) is 1.79. The Balaban J connectivity index is 2.84. The molecule has 3 nitrogen and oxygen atoms in total. The molecule has 0 bridgehead atoms. The van der Waals surface area contributed by atoms with Crippen LogP contribution in [0.25, 0.3) is 0 Å². The van der Waals surface area contributed by atoms with Crippen molar-refractivity contribution in [1.82, 2.24) is 9.97 Å². The van der Waals surface area contributed by atoms with Crippen LogP contribution in [0.15, 0.2) is 18.6 Å². The van der Waals surface area contributed by atoms with Crippen LogP contribution in [-0.2, 0) is 4.79 Å². The summed E-state index contributed by atoms with van der Waals surface area (Å²) >= 11 is 0. The zero-order valence-electron chi connectivity index (χ0n) is 5.69. The molecule has 0 aliphatic rings. The number of rotatable bonds is 2. The molecule has 0 saturated carbocycles. The minimum absolute atomic E-state index is 0.145. The Kier molecular flexibility index (Phi) is 2.10. The van der Waals surface area contributed by atoms with Crippen LogP contribution in [0.4, 0.5) is 0 Å². The van der Waals surface area contributed by atoms with Gasteiger partial charge in [0.15, 0.2) is 0 Å². The molecular formula is C7H8N2O. The van der Waals surface area contributed by atoms with Crippen LogP contribution in [0, 0.1) is 0 Å². The van der Waals surface area contributed by atoms with Gasteiger partial charge in [0.25, 0.3) is 0 Å². The van der Waals surface area contributed by atoms with Gasteiger partial charge in [-0.3, -0.25) is 9.97 Å². The average Bonchev–Trinajstić information content (AvgIpc) is 2.05. The zero-order valence-corrected chi connectivity index (χ0v) is 5.69. The van der Waals surface area contributed by atoms with Gasteiger partial charge in [0.2, 0.25) is 0 Å². The molecular weight excluding hydrogens is 128 g/mol. The minimum Gasteiger partial charge on any atom is -0.303 e. The van der Waals surface area contributed by atoms with Crippen LogP contribution >= 0.6 is 0 Å². The first kappa shape index (κ1) is 6.86. The lowest BCUT2D eigenvalue weighted by molar-refractivity contribution is -0.108. The third-order valence-electron chi connectivity index (χ3n) is 1.25. The van der Waals surface area contributed by atoms with Gasteiger partial charge in [-0.2, -0.15) is 0 Å². The first-order chi connectivity index (χ1) is 4.84. The van der Waals surface area contributed by atoms with E-state index in [1.54, 1.807) is 25.5 Å². The molecule has 3 heteroatoms. The van der Waals surface area contributed by atoms with Gasteiger partial charge in [-0.25, -0.2) is 0 Å². The highest BCUT2D eigenvalue weighted by molar-refractivity contribution is 5.59. The predicted molar refractivity (Wildman–Crippen MR) is 36.5 cm³/mol. The normalized spacial score (nSPS) is 12.5. The molecule has 1 unspecified atom stereocenters. The summed E-state index contributed by atoms with van der Waals surface area (Å²) in [6.07, 6.45) is 5.61. The van der Waals surface area contributed by atoms with Crippen LogP contribution < -0.4 is 0 Å². The van der Waals surface area contributed by atoms with E-state index in [9.17, 15) is 4.79 Å². The van der Waals surface area contributed by atoms with E-state index >= 15 is 0 Å². The third kappa shape index (κ3) is 1.37. The smallest absolute Gasteiger partial charge is 0.128 e. The van der Waals surface area contributed by atoms with E-state index in [4.69, 9.17) is 0 Å². The number of aromatic nitrogens is 2. The highest BCUT2D eigenvalue weighted by Gasteiger charge is 2.02. The Hall–Kier alpha value is -1.25. The Morgan fingerprint density at radius 3 is 2.90 bits per heavy atom. The van der Waals surface area contributed by atoms with E-state index in [1.807, 2.05) is 0 Å². The number of hydrogen-bond donors (Lipinski definition) is 0. The fraction of sp³-hybridized carbons (Fsp3) is 0.286. The van der Waals surface area contributed by atoms with E-state index in [0.717, 1.165) is 12.0 Å². The zero-order chi connectivity index (χ0) is 7.40. The van der Waals surface area contributed by atoms with Crippen molar-refractivity contribution in [2.45, 2.75) is 12.8 Å². The fourth-order valence-electron chi connectivity index (χ4n) is 0.615. The first-order valence-electron chi connectivity index (χ1n) is 3.06. The molecule has 0 amide bonds. The topological polar surface area (TPSA) is 42.9 Å². The molecule has 0 N–H and O–H groups in total. The van der Waals surface area contributed by atoms with Crippen molar-refractivity contribution in [2.75, 3.05) is 0 Å². The summed E-state index contributed by atoms with van der Waals surface area (Å²) in [7, 11) is 0. The van der Waals surface area contributed by atoms with Crippen molar-refractivity contribution in [3.63, 3.8) is 0 Å². The number of aldehydes is 1. The summed E-state index contributed by atoms with van der Waals surface area (Å²) in [5.41, 5.74) is 0.720. The van der Waals surface area contributed by atoms with Crippen LogP contribution in [0.1, 0.15) is 18.5 Å². The molecule has 1 rings (SSSR count). The SMILES string of the molecule is CC(C=O)c1cnccn1. The van der Waals surface area contributed by atoms with Crippen LogP contribution in [0.3, 0.4) is 0 Å². The maximum absolute atomic E-state index is 10.2. The summed E-state index contributed by atoms with van der Waals surface area (Å²) in [5, 5.41) is 0. The third-order valence-corrected chi connectivity index (χ3v) is 1.25. The van der Waals surface area contributed by atoms with Crippen molar-refractivity contribution in [2.24, 2.45) is 0 Å². The molecule has 0 fully saturated rings. The summed E-state index contributed by atoms with van der Waals surface area (Å²) < 4.78 is 0. The lowest BCUT2D eigenvalue weighted by atomic mass is 10.1. The van der Waals surface area contributed by atoms with Gasteiger partial charge in [-0.05, 0) is 0 Å². The Morgan fingerprint density at radius 1 is 1.60 bits per heavy atom. The number of hydrogen-bond acceptors (Lipinski definition) is 3. The van der Waals surface area contributed by atoms with Gasteiger partial charge < -0.3 is 4.79 Å². The standard InChI is InChI=1S/C7H8N2O/c1-6(5-10)7-4-8-2-3-9-7/h2-6H,1H3. The second-order valence-corrected chi connectivity index (χ2v) is 2.06. The predicted octanol–water partition coefficient (Wildman–Crippen LogP) is 0.779. The molecule has 1 atom stereocenters. The molecule has 1 aromatic heterocycles. The largest absolute Gasteiger partial charge is 0.303 e. The molecule has 10 heavy (non-hydrogen) atoms. The van der Waals surface area contributed by atoms with Gasteiger partial charge in [0, 0.05) is 18.6 Å². The Bertz CT molecular complexity index is 210. The lowest BCUT2D eigenvalue weighted by Crippen LogP contribution is -1.97. The first-order valence-corrected chi connectivity index (χ1v) is 3.06. The molecule has 0 aliphatic heterocycles. The highest BCUT2D eigenvalue weighted by atomic mass is 16.1. The van der Waals surface area contributed by atoms with Gasteiger partial charge in [-0.15, -0.1) is 0 Å². The molecule has 0 saturated heterocycles. The van der Waals surface area contributed by atoms with Crippen molar-refractivity contribution < 1.29 is 4.79 Å². The monoisotopic (exact) mass is 136 g/mol. The number of carbonyl (C=O) groups excluding carboxylic acids is 1. The van der Waals surface area contributed by atoms with E-state index in [0.29, 0.717) is 0 Å². The minimum atomic E-state index is -0.145. The summed E-state index contributed by atoms with van der Waals surface area (Å²) in [5.74, 6) is -0.145.